The first kappa shape index (κ1) is 14.5. The summed E-state index contributed by atoms with van der Waals surface area (Å²) in [5.74, 6) is -0.201. The van der Waals surface area contributed by atoms with E-state index in [0.29, 0.717) is 11.1 Å². The Morgan fingerprint density at radius 2 is 2.12 bits per heavy atom. The lowest BCUT2D eigenvalue weighted by molar-refractivity contribution is 0.480. The molecule has 0 spiro atoms. The maximum atomic E-state index is 13.6. The molecule has 17 heavy (non-hydrogen) atoms. The van der Waals surface area contributed by atoms with Crippen LogP contribution in [0.3, 0.4) is 0 Å². The SMILES string of the molecule is CCCCCC(Cc1ccc(Cl)cc1F)NC. The van der Waals surface area contributed by atoms with Crippen LogP contribution in [0.4, 0.5) is 4.39 Å². The third-order valence-electron chi connectivity index (χ3n) is 3.05. The van der Waals surface area contributed by atoms with Crippen molar-refractivity contribution in [3.05, 3.63) is 34.6 Å². The van der Waals surface area contributed by atoms with E-state index in [1.54, 1.807) is 12.1 Å². The standard InChI is InChI=1S/C14H21ClFN/c1-3-4-5-6-13(17-2)9-11-7-8-12(15)10-14(11)16/h7-8,10,13,17H,3-6,9H2,1-2H3. The third kappa shape index (κ3) is 5.05. The van der Waals surface area contributed by atoms with Gasteiger partial charge in [0.15, 0.2) is 0 Å². The Hall–Kier alpha value is -0.600. The monoisotopic (exact) mass is 257 g/mol. The number of unbranched alkanes of at least 4 members (excludes halogenated alkanes) is 2. The summed E-state index contributed by atoms with van der Waals surface area (Å²) in [6, 6.07) is 5.26. The van der Waals surface area contributed by atoms with Gasteiger partial charge in [0.2, 0.25) is 0 Å². The van der Waals surface area contributed by atoms with Gasteiger partial charge in [0.25, 0.3) is 0 Å². The molecule has 0 aliphatic rings. The molecular weight excluding hydrogens is 237 g/mol. The van der Waals surface area contributed by atoms with E-state index >= 15 is 0 Å². The van der Waals surface area contributed by atoms with Crippen molar-refractivity contribution in [3.63, 3.8) is 0 Å². The molecule has 0 aromatic heterocycles. The molecule has 96 valence electrons. The van der Waals surface area contributed by atoms with Crippen LogP contribution in [0.1, 0.15) is 38.2 Å². The van der Waals surface area contributed by atoms with Gasteiger partial charge in [-0.3, -0.25) is 0 Å². The highest BCUT2D eigenvalue weighted by Crippen LogP contribution is 2.17. The summed E-state index contributed by atoms with van der Waals surface area (Å²) in [6.07, 6.45) is 5.46. The number of nitrogens with one attached hydrogen (secondary N) is 1. The quantitative estimate of drug-likeness (QED) is 0.723. The molecule has 3 heteroatoms. The molecule has 1 rings (SSSR count). The Bertz CT molecular complexity index is 341. The van der Waals surface area contributed by atoms with Crippen LogP contribution in [0.5, 0.6) is 0 Å². The molecule has 0 aliphatic carbocycles. The van der Waals surface area contributed by atoms with Gasteiger partial charge in [-0.25, -0.2) is 4.39 Å². The fourth-order valence-corrected chi connectivity index (χ4v) is 2.10. The zero-order chi connectivity index (χ0) is 12.7. The van der Waals surface area contributed by atoms with E-state index in [9.17, 15) is 4.39 Å². The van der Waals surface area contributed by atoms with Crippen LogP contribution in [0.25, 0.3) is 0 Å². The van der Waals surface area contributed by atoms with Crippen LogP contribution < -0.4 is 5.32 Å². The summed E-state index contributed by atoms with van der Waals surface area (Å²) < 4.78 is 13.6. The predicted molar refractivity (Wildman–Crippen MR) is 72.1 cm³/mol. The molecular formula is C14H21ClFN. The minimum absolute atomic E-state index is 0.201. The van der Waals surface area contributed by atoms with E-state index in [-0.39, 0.29) is 5.82 Å². The Labute approximate surface area is 108 Å². The Morgan fingerprint density at radius 1 is 1.35 bits per heavy atom. The summed E-state index contributed by atoms with van der Waals surface area (Å²) in [5, 5.41) is 3.71. The van der Waals surface area contributed by atoms with Crippen molar-refractivity contribution >= 4 is 11.6 Å². The molecule has 1 N–H and O–H groups in total. The lowest BCUT2D eigenvalue weighted by Gasteiger charge is -2.16. The topological polar surface area (TPSA) is 12.0 Å². The van der Waals surface area contributed by atoms with Crippen LogP contribution >= 0.6 is 11.6 Å². The number of rotatable bonds is 7. The van der Waals surface area contributed by atoms with Crippen molar-refractivity contribution < 1.29 is 4.39 Å². The van der Waals surface area contributed by atoms with Gasteiger partial charge in [-0.05, 0) is 37.6 Å². The third-order valence-corrected chi connectivity index (χ3v) is 3.28. The fraction of sp³-hybridized carbons (Fsp3) is 0.571. The molecule has 1 atom stereocenters. The highest BCUT2D eigenvalue weighted by atomic mass is 35.5. The first-order valence-corrected chi connectivity index (χ1v) is 6.66. The number of halogens is 2. The molecule has 1 aromatic carbocycles. The van der Waals surface area contributed by atoms with Gasteiger partial charge in [-0.15, -0.1) is 0 Å². The van der Waals surface area contributed by atoms with Gasteiger partial charge in [0.1, 0.15) is 5.82 Å². The molecule has 0 bridgehead atoms. The average molecular weight is 258 g/mol. The van der Waals surface area contributed by atoms with E-state index in [0.717, 1.165) is 18.4 Å². The number of likely N-dealkylation sites (N-methyl/N-ethyl adjacent to an activating group) is 1. The summed E-state index contributed by atoms with van der Waals surface area (Å²) in [6.45, 7) is 2.19. The Kier molecular flexibility index (Phi) is 6.53. The lowest BCUT2D eigenvalue weighted by atomic mass is 10.0. The zero-order valence-electron chi connectivity index (χ0n) is 10.6. The largest absolute Gasteiger partial charge is 0.317 e. The molecule has 0 fully saturated rings. The first-order valence-electron chi connectivity index (χ1n) is 6.28. The maximum Gasteiger partial charge on any atom is 0.127 e. The Balaban J connectivity index is 2.54. The van der Waals surface area contributed by atoms with Crippen molar-refractivity contribution in [1.29, 1.82) is 0 Å². The molecule has 0 radical (unpaired) electrons. The number of benzene rings is 1. The van der Waals surface area contributed by atoms with Crippen LogP contribution in [0.15, 0.2) is 18.2 Å². The van der Waals surface area contributed by atoms with Crippen molar-refractivity contribution in [2.75, 3.05) is 7.05 Å². The van der Waals surface area contributed by atoms with Crippen LogP contribution in [-0.2, 0) is 6.42 Å². The lowest BCUT2D eigenvalue weighted by Crippen LogP contribution is -2.27. The summed E-state index contributed by atoms with van der Waals surface area (Å²) in [5.41, 5.74) is 0.741. The summed E-state index contributed by atoms with van der Waals surface area (Å²) in [7, 11) is 1.93. The van der Waals surface area contributed by atoms with Crippen LogP contribution in [0, 0.1) is 5.82 Å². The predicted octanol–water partition coefficient (Wildman–Crippen LogP) is 4.19. The number of hydrogen-bond donors (Lipinski definition) is 1. The second kappa shape index (κ2) is 7.67. The van der Waals surface area contributed by atoms with Gasteiger partial charge in [0, 0.05) is 11.1 Å². The molecule has 0 saturated heterocycles. The molecule has 0 aliphatic heterocycles. The van der Waals surface area contributed by atoms with E-state index in [1.807, 2.05) is 7.05 Å². The normalized spacial score (nSPS) is 12.7. The second-order valence-electron chi connectivity index (χ2n) is 4.42. The smallest absolute Gasteiger partial charge is 0.127 e. The Morgan fingerprint density at radius 3 is 2.71 bits per heavy atom. The van der Waals surface area contributed by atoms with Crippen molar-refractivity contribution in [2.45, 2.75) is 45.1 Å². The minimum atomic E-state index is -0.201. The molecule has 0 heterocycles. The van der Waals surface area contributed by atoms with Crippen LogP contribution in [-0.4, -0.2) is 13.1 Å². The average Bonchev–Trinajstić information content (AvgIpc) is 2.31. The van der Waals surface area contributed by atoms with E-state index in [2.05, 4.69) is 12.2 Å². The zero-order valence-corrected chi connectivity index (χ0v) is 11.4. The second-order valence-corrected chi connectivity index (χ2v) is 4.86. The molecule has 0 saturated carbocycles. The highest BCUT2D eigenvalue weighted by molar-refractivity contribution is 6.30. The van der Waals surface area contributed by atoms with E-state index in [1.165, 1.54) is 25.3 Å². The highest BCUT2D eigenvalue weighted by Gasteiger charge is 2.10. The molecule has 1 aromatic rings. The van der Waals surface area contributed by atoms with Gasteiger partial charge in [-0.2, -0.15) is 0 Å². The molecule has 1 nitrogen and oxygen atoms in total. The number of hydrogen-bond acceptors (Lipinski definition) is 1. The fourth-order valence-electron chi connectivity index (χ4n) is 1.94. The van der Waals surface area contributed by atoms with E-state index in [4.69, 9.17) is 11.6 Å². The van der Waals surface area contributed by atoms with Gasteiger partial charge < -0.3 is 5.32 Å². The van der Waals surface area contributed by atoms with E-state index < -0.39 is 0 Å². The van der Waals surface area contributed by atoms with Crippen LogP contribution in [0.2, 0.25) is 5.02 Å². The van der Waals surface area contributed by atoms with Gasteiger partial charge >= 0.3 is 0 Å². The van der Waals surface area contributed by atoms with Crippen molar-refractivity contribution in [1.82, 2.24) is 5.32 Å². The minimum Gasteiger partial charge on any atom is -0.317 e. The summed E-state index contributed by atoms with van der Waals surface area (Å²) in [4.78, 5) is 0. The van der Waals surface area contributed by atoms with Crippen molar-refractivity contribution in [3.8, 4) is 0 Å². The molecule has 1 unspecified atom stereocenters. The maximum absolute atomic E-state index is 13.6. The van der Waals surface area contributed by atoms with Crippen molar-refractivity contribution in [2.24, 2.45) is 0 Å². The summed E-state index contributed by atoms with van der Waals surface area (Å²) >= 11 is 5.73. The van der Waals surface area contributed by atoms with Gasteiger partial charge in [0.05, 0.1) is 0 Å². The first-order chi connectivity index (χ1) is 8.17. The molecule has 0 amide bonds. The van der Waals surface area contributed by atoms with Gasteiger partial charge in [-0.1, -0.05) is 43.9 Å².